The van der Waals surface area contributed by atoms with E-state index in [1.54, 1.807) is 6.33 Å². The van der Waals surface area contributed by atoms with Crippen molar-refractivity contribution in [2.45, 2.75) is 13.0 Å². The minimum absolute atomic E-state index is 0.287. The smallest absolute Gasteiger partial charge is 0.139 e. The first-order chi connectivity index (χ1) is 7.74. The van der Waals surface area contributed by atoms with E-state index in [-0.39, 0.29) is 6.04 Å². The van der Waals surface area contributed by atoms with Gasteiger partial charge in [-0.15, -0.1) is 0 Å². The molecule has 2 heterocycles. The highest BCUT2D eigenvalue weighted by Crippen LogP contribution is 2.26. The third-order valence-corrected chi connectivity index (χ3v) is 2.98. The number of hydrogen-bond acceptors (Lipinski definition) is 4. The molecule has 1 aromatic heterocycles. The van der Waals surface area contributed by atoms with Gasteiger partial charge in [-0.3, -0.25) is 0 Å². The minimum atomic E-state index is 0.287. The molecule has 1 aliphatic heterocycles. The number of fused-ring (bicyclic) bond motifs is 1. The Morgan fingerprint density at radius 1 is 1.31 bits per heavy atom. The molecule has 2 aromatic rings. The lowest BCUT2D eigenvalue weighted by atomic mass is 10.1. The zero-order valence-corrected chi connectivity index (χ0v) is 9.22. The van der Waals surface area contributed by atoms with E-state index in [2.05, 4.69) is 33.9 Å². The van der Waals surface area contributed by atoms with Crippen molar-refractivity contribution in [1.82, 2.24) is 9.97 Å². The Bertz CT molecular complexity index is 532. The summed E-state index contributed by atoms with van der Waals surface area (Å²) in [6, 6.07) is 6.53. The van der Waals surface area contributed by atoms with Gasteiger partial charge in [0.15, 0.2) is 0 Å². The van der Waals surface area contributed by atoms with E-state index in [1.807, 2.05) is 6.07 Å². The zero-order chi connectivity index (χ0) is 11.1. The van der Waals surface area contributed by atoms with Gasteiger partial charge < -0.3 is 10.6 Å². The molecule has 2 N–H and O–H groups in total. The normalized spacial score (nSPS) is 16.5. The van der Waals surface area contributed by atoms with Gasteiger partial charge in [0.2, 0.25) is 0 Å². The van der Waals surface area contributed by atoms with Crippen molar-refractivity contribution in [2.24, 2.45) is 5.73 Å². The predicted molar refractivity (Wildman–Crippen MR) is 64.5 cm³/mol. The van der Waals surface area contributed by atoms with E-state index in [1.165, 1.54) is 5.56 Å². The molecular weight excluding hydrogens is 200 g/mol. The number of nitrogens with two attached hydrogens (primary N) is 1. The molecule has 0 atom stereocenters. The SMILES string of the molecule is Cc1ccc2ncnc(N3CC(N)C3)c2c1. The first-order valence-electron chi connectivity index (χ1n) is 5.46. The van der Waals surface area contributed by atoms with Crippen LogP contribution in [0, 0.1) is 6.92 Å². The molecule has 1 aromatic carbocycles. The van der Waals surface area contributed by atoms with Gasteiger partial charge in [-0.25, -0.2) is 9.97 Å². The molecule has 0 spiro atoms. The minimum Gasteiger partial charge on any atom is -0.353 e. The van der Waals surface area contributed by atoms with Crippen LogP contribution < -0.4 is 10.6 Å². The van der Waals surface area contributed by atoms with Gasteiger partial charge in [-0.1, -0.05) is 11.6 Å². The van der Waals surface area contributed by atoms with Crippen LogP contribution in [0.25, 0.3) is 10.9 Å². The second kappa shape index (κ2) is 3.42. The highest BCUT2D eigenvalue weighted by molar-refractivity contribution is 5.90. The quantitative estimate of drug-likeness (QED) is 0.772. The molecule has 0 bridgehead atoms. The van der Waals surface area contributed by atoms with Crippen molar-refractivity contribution in [2.75, 3.05) is 18.0 Å². The van der Waals surface area contributed by atoms with Crippen LogP contribution in [-0.2, 0) is 0 Å². The molecule has 0 aliphatic carbocycles. The molecule has 16 heavy (non-hydrogen) atoms. The maximum Gasteiger partial charge on any atom is 0.139 e. The summed E-state index contributed by atoms with van der Waals surface area (Å²) in [5.74, 6) is 1.01. The fraction of sp³-hybridized carbons (Fsp3) is 0.333. The molecule has 1 aliphatic rings. The van der Waals surface area contributed by atoms with E-state index >= 15 is 0 Å². The van der Waals surface area contributed by atoms with Crippen LogP contribution in [0.1, 0.15) is 5.56 Å². The van der Waals surface area contributed by atoms with Gasteiger partial charge in [0.05, 0.1) is 5.52 Å². The summed E-state index contributed by atoms with van der Waals surface area (Å²) in [4.78, 5) is 10.8. The molecule has 0 radical (unpaired) electrons. The largest absolute Gasteiger partial charge is 0.353 e. The second-order valence-electron chi connectivity index (χ2n) is 4.38. The number of anilines is 1. The van der Waals surface area contributed by atoms with E-state index < -0.39 is 0 Å². The molecule has 0 saturated carbocycles. The molecule has 4 nitrogen and oxygen atoms in total. The van der Waals surface area contributed by atoms with Gasteiger partial charge in [-0.05, 0) is 19.1 Å². The van der Waals surface area contributed by atoms with Gasteiger partial charge >= 0.3 is 0 Å². The van der Waals surface area contributed by atoms with Crippen LogP contribution in [0.15, 0.2) is 24.5 Å². The van der Waals surface area contributed by atoms with Crippen molar-refractivity contribution in [1.29, 1.82) is 0 Å². The van der Waals surface area contributed by atoms with Gasteiger partial charge in [0.25, 0.3) is 0 Å². The maximum absolute atomic E-state index is 5.80. The third-order valence-electron chi connectivity index (χ3n) is 2.98. The topological polar surface area (TPSA) is 55.0 Å². The lowest BCUT2D eigenvalue weighted by Gasteiger charge is -2.38. The van der Waals surface area contributed by atoms with E-state index in [9.17, 15) is 0 Å². The van der Waals surface area contributed by atoms with Gasteiger partial charge in [0.1, 0.15) is 12.1 Å². The Morgan fingerprint density at radius 2 is 2.12 bits per heavy atom. The first kappa shape index (κ1) is 9.54. The van der Waals surface area contributed by atoms with E-state index in [0.717, 1.165) is 29.8 Å². The fourth-order valence-corrected chi connectivity index (χ4v) is 2.09. The summed E-state index contributed by atoms with van der Waals surface area (Å²) >= 11 is 0. The molecule has 0 unspecified atom stereocenters. The number of hydrogen-bond donors (Lipinski definition) is 1. The van der Waals surface area contributed by atoms with Crippen LogP contribution >= 0.6 is 0 Å². The molecular formula is C12H14N4. The number of nitrogens with zero attached hydrogens (tertiary/aromatic N) is 3. The summed E-state index contributed by atoms with van der Waals surface area (Å²) in [7, 11) is 0. The Morgan fingerprint density at radius 3 is 2.88 bits per heavy atom. The first-order valence-corrected chi connectivity index (χ1v) is 5.46. The molecule has 1 fully saturated rings. The second-order valence-corrected chi connectivity index (χ2v) is 4.38. The average Bonchev–Trinajstić information content (AvgIpc) is 2.24. The lowest BCUT2D eigenvalue weighted by Crippen LogP contribution is -2.56. The molecule has 1 saturated heterocycles. The average molecular weight is 214 g/mol. The van der Waals surface area contributed by atoms with E-state index in [4.69, 9.17) is 5.73 Å². The van der Waals surface area contributed by atoms with Crippen molar-refractivity contribution in [3.05, 3.63) is 30.1 Å². The van der Waals surface area contributed by atoms with Gasteiger partial charge in [-0.2, -0.15) is 0 Å². The number of benzene rings is 1. The van der Waals surface area contributed by atoms with Gasteiger partial charge in [0, 0.05) is 24.5 Å². The third kappa shape index (κ3) is 1.42. The lowest BCUT2D eigenvalue weighted by molar-refractivity contribution is 0.516. The maximum atomic E-state index is 5.80. The molecule has 82 valence electrons. The van der Waals surface area contributed by atoms with Crippen molar-refractivity contribution >= 4 is 16.7 Å². The van der Waals surface area contributed by atoms with Crippen LogP contribution in [0.2, 0.25) is 0 Å². The van der Waals surface area contributed by atoms with Crippen molar-refractivity contribution < 1.29 is 0 Å². The Kier molecular flexibility index (Phi) is 2.04. The standard InChI is InChI=1S/C12H14N4/c1-8-2-3-11-10(4-8)12(15-7-14-11)16-5-9(13)6-16/h2-4,7,9H,5-6,13H2,1H3. The van der Waals surface area contributed by atoms with Crippen molar-refractivity contribution in [3.63, 3.8) is 0 Å². The highest BCUT2D eigenvalue weighted by Gasteiger charge is 2.25. The summed E-state index contributed by atoms with van der Waals surface area (Å²) in [6.07, 6.45) is 1.62. The monoisotopic (exact) mass is 214 g/mol. The zero-order valence-electron chi connectivity index (χ0n) is 9.22. The number of rotatable bonds is 1. The molecule has 0 amide bonds. The summed E-state index contributed by atoms with van der Waals surface area (Å²) in [6.45, 7) is 3.86. The summed E-state index contributed by atoms with van der Waals surface area (Å²) < 4.78 is 0. The highest BCUT2D eigenvalue weighted by atomic mass is 15.3. The Balaban J connectivity index is 2.13. The van der Waals surface area contributed by atoms with Crippen molar-refractivity contribution in [3.8, 4) is 0 Å². The Labute approximate surface area is 94.1 Å². The van der Waals surface area contributed by atoms with E-state index in [0.29, 0.717) is 0 Å². The summed E-state index contributed by atoms with van der Waals surface area (Å²) in [5, 5.41) is 1.12. The summed E-state index contributed by atoms with van der Waals surface area (Å²) in [5.41, 5.74) is 8.02. The van der Waals surface area contributed by atoms with Crippen LogP contribution in [-0.4, -0.2) is 29.1 Å². The number of aromatic nitrogens is 2. The predicted octanol–water partition coefficient (Wildman–Crippen LogP) is 1.09. The van der Waals surface area contributed by atoms with Crippen LogP contribution in [0.4, 0.5) is 5.82 Å². The molecule has 4 heteroatoms. The number of aryl methyl sites for hydroxylation is 1. The fourth-order valence-electron chi connectivity index (χ4n) is 2.09. The van der Waals surface area contributed by atoms with Crippen LogP contribution in [0.3, 0.4) is 0 Å². The van der Waals surface area contributed by atoms with Crippen LogP contribution in [0.5, 0.6) is 0 Å². The molecule has 3 rings (SSSR count). The Hall–Kier alpha value is -1.68.